The van der Waals surface area contributed by atoms with Crippen LogP contribution in [0, 0.1) is 34.5 Å². The van der Waals surface area contributed by atoms with E-state index >= 15 is 0 Å². The van der Waals surface area contributed by atoms with Crippen LogP contribution in [-0.4, -0.2) is 32.1 Å². The second-order valence-corrected chi connectivity index (χ2v) is 9.89. The minimum atomic E-state index is -2.57. The Labute approximate surface area is 154 Å². The standard InChI is InChI=1S/C21H32N2O2/c1-19-10-12-11-22-23-17(12)8-13(19)4-5-14-15(19)6-7-20(2)16(14)9-18(24)21(20,3)25/h11,13-16,18,24-25H,4-10H2,1-3H3,(H,22,23)/t13-,14+,15-,16-,18-,19-,20-,21-/m0/s1/i3+1D3. The van der Waals surface area contributed by atoms with E-state index in [2.05, 4.69) is 17.1 Å². The number of aliphatic hydroxyl groups is 2. The zero-order chi connectivity index (χ0) is 20.1. The normalized spacial score (nSPS) is 56.6. The molecular weight excluding hydrogens is 313 g/mol. The summed E-state index contributed by atoms with van der Waals surface area (Å²) in [5.74, 6) is 1.58. The first-order chi connectivity index (χ1) is 13.0. The molecule has 0 saturated heterocycles. The third-order valence-electron chi connectivity index (χ3n) is 9.11. The minimum Gasteiger partial charge on any atom is -0.390 e. The smallest absolute Gasteiger partial charge is 0.0933 e. The second-order valence-electron chi connectivity index (χ2n) is 9.89. The average molecular weight is 349 g/mol. The lowest BCUT2D eigenvalue weighted by molar-refractivity contribution is -0.155. The molecule has 0 unspecified atom stereocenters. The largest absolute Gasteiger partial charge is 0.390 e. The van der Waals surface area contributed by atoms with Crippen LogP contribution in [0.5, 0.6) is 0 Å². The molecule has 0 aliphatic heterocycles. The van der Waals surface area contributed by atoms with E-state index in [4.69, 9.17) is 4.11 Å². The Bertz CT molecular complexity index is 795. The summed E-state index contributed by atoms with van der Waals surface area (Å²) in [6.07, 6.45) is 7.09. The molecule has 4 aliphatic rings. The number of nitrogens with one attached hydrogen (secondary N) is 1. The van der Waals surface area contributed by atoms with Gasteiger partial charge < -0.3 is 10.2 Å². The summed E-state index contributed by atoms with van der Waals surface area (Å²) >= 11 is 0. The molecule has 4 heteroatoms. The summed E-state index contributed by atoms with van der Waals surface area (Å²) in [6, 6.07) is 0. The monoisotopic (exact) mass is 348 g/mol. The van der Waals surface area contributed by atoms with Crippen LogP contribution >= 0.6 is 0 Å². The predicted molar refractivity (Wildman–Crippen MR) is 95.9 cm³/mol. The summed E-state index contributed by atoms with van der Waals surface area (Å²) in [6.45, 7) is 1.79. The lowest BCUT2D eigenvalue weighted by Gasteiger charge is -2.60. The van der Waals surface area contributed by atoms with Crippen LogP contribution in [0.1, 0.15) is 68.2 Å². The molecule has 1 aromatic heterocycles. The molecule has 0 amide bonds. The van der Waals surface area contributed by atoms with Crippen molar-refractivity contribution in [2.24, 2.45) is 34.5 Å². The fraction of sp³-hybridized carbons (Fsp3) is 0.857. The number of hydrogen-bond donors (Lipinski definition) is 3. The van der Waals surface area contributed by atoms with Crippen molar-refractivity contribution < 1.29 is 14.3 Å². The predicted octanol–water partition coefficient (Wildman–Crippen LogP) is 3.09. The SMILES string of the molecule is [2H][13C]([2H])([2H])[C@]1(O)[C@@H](O)C[C@H]2[C@@H]3CC[C@H]4Cc5[nH]ncc5C[C@]4(C)[C@H]3CC[C@@]21C. The average Bonchev–Trinajstić information content (AvgIpc) is 3.13. The first kappa shape index (κ1) is 13.3. The fourth-order valence-electron chi connectivity index (χ4n) is 7.49. The maximum absolute atomic E-state index is 11.3. The maximum Gasteiger partial charge on any atom is 0.0933 e. The van der Waals surface area contributed by atoms with Gasteiger partial charge in [0, 0.05) is 15.2 Å². The van der Waals surface area contributed by atoms with Crippen molar-refractivity contribution in [3.63, 3.8) is 0 Å². The molecule has 5 rings (SSSR count). The van der Waals surface area contributed by atoms with E-state index in [1.54, 1.807) is 0 Å². The number of aromatic nitrogens is 2. The van der Waals surface area contributed by atoms with Crippen LogP contribution in [0.3, 0.4) is 0 Å². The molecule has 1 heterocycles. The molecule has 0 aromatic carbocycles. The van der Waals surface area contributed by atoms with E-state index in [9.17, 15) is 10.2 Å². The van der Waals surface area contributed by atoms with Crippen LogP contribution in [0.25, 0.3) is 0 Å². The van der Waals surface area contributed by atoms with Gasteiger partial charge in [-0.15, -0.1) is 0 Å². The van der Waals surface area contributed by atoms with Crippen molar-refractivity contribution in [3.05, 3.63) is 17.5 Å². The van der Waals surface area contributed by atoms with Gasteiger partial charge in [0.15, 0.2) is 0 Å². The number of aromatic amines is 1. The van der Waals surface area contributed by atoms with Crippen LogP contribution in [0.15, 0.2) is 6.20 Å². The Balaban J connectivity index is 1.51. The van der Waals surface area contributed by atoms with Gasteiger partial charge >= 0.3 is 0 Å². The van der Waals surface area contributed by atoms with Gasteiger partial charge in [0.05, 0.1) is 17.9 Å². The molecular formula is C21H32N2O2. The highest BCUT2D eigenvalue weighted by Gasteiger charge is 2.66. The van der Waals surface area contributed by atoms with Gasteiger partial charge in [0.2, 0.25) is 0 Å². The van der Waals surface area contributed by atoms with Crippen molar-refractivity contribution in [2.45, 2.75) is 77.4 Å². The highest BCUT2D eigenvalue weighted by molar-refractivity contribution is 5.26. The van der Waals surface area contributed by atoms with Crippen molar-refractivity contribution in [3.8, 4) is 0 Å². The third kappa shape index (κ3) is 1.88. The lowest BCUT2D eigenvalue weighted by Crippen LogP contribution is -2.57. The molecule has 3 fully saturated rings. The first-order valence-corrected chi connectivity index (χ1v) is 9.94. The highest BCUT2D eigenvalue weighted by atomic mass is 16.3. The molecule has 3 saturated carbocycles. The van der Waals surface area contributed by atoms with Crippen LogP contribution in [0.4, 0.5) is 0 Å². The first-order valence-electron chi connectivity index (χ1n) is 11.4. The zero-order valence-electron chi connectivity index (χ0n) is 18.3. The number of nitrogens with zero attached hydrogens (tertiary/aromatic N) is 1. The molecule has 4 nitrogen and oxygen atoms in total. The molecule has 0 bridgehead atoms. The molecule has 1 aromatic rings. The van der Waals surface area contributed by atoms with Crippen LogP contribution in [0.2, 0.25) is 0 Å². The Morgan fingerprint density at radius 1 is 1.28 bits per heavy atom. The lowest BCUT2D eigenvalue weighted by atomic mass is 9.45. The van der Waals surface area contributed by atoms with E-state index in [0.29, 0.717) is 30.6 Å². The molecule has 0 spiro atoms. The molecule has 25 heavy (non-hydrogen) atoms. The molecule has 4 aliphatic carbocycles. The number of hydrogen-bond acceptors (Lipinski definition) is 3. The summed E-state index contributed by atoms with van der Waals surface area (Å²) < 4.78 is 24.0. The Morgan fingerprint density at radius 3 is 2.92 bits per heavy atom. The Morgan fingerprint density at radius 2 is 2.12 bits per heavy atom. The second kappa shape index (κ2) is 4.89. The number of aliphatic hydroxyl groups excluding tert-OH is 1. The summed E-state index contributed by atoms with van der Waals surface area (Å²) in [5.41, 5.74) is 0.0508. The van der Waals surface area contributed by atoms with E-state index in [1.165, 1.54) is 11.3 Å². The highest BCUT2D eigenvalue weighted by Crippen LogP contribution is 2.67. The summed E-state index contributed by atoms with van der Waals surface area (Å²) in [4.78, 5) is 0. The number of rotatable bonds is 0. The van der Waals surface area contributed by atoms with Gasteiger partial charge in [-0.1, -0.05) is 13.8 Å². The summed E-state index contributed by atoms with van der Waals surface area (Å²) in [5, 5.41) is 29.5. The molecule has 138 valence electrons. The minimum absolute atomic E-state index is 0.0650. The van der Waals surface area contributed by atoms with E-state index < -0.39 is 24.0 Å². The van der Waals surface area contributed by atoms with Crippen molar-refractivity contribution in [1.82, 2.24) is 10.2 Å². The molecule has 8 atom stereocenters. The van der Waals surface area contributed by atoms with Crippen LogP contribution in [-0.2, 0) is 12.8 Å². The zero-order valence-corrected chi connectivity index (χ0v) is 15.3. The van der Waals surface area contributed by atoms with Gasteiger partial charge in [0.1, 0.15) is 0 Å². The van der Waals surface area contributed by atoms with Gasteiger partial charge in [0.25, 0.3) is 0 Å². The topological polar surface area (TPSA) is 69.1 Å². The fourth-order valence-corrected chi connectivity index (χ4v) is 7.49. The van der Waals surface area contributed by atoms with E-state index in [0.717, 1.165) is 32.1 Å². The summed E-state index contributed by atoms with van der Waals surface area (Å²) in [7, 11) is 0. The van der Waals surface area contributed by atoms with Gasteiger partial charge in [-0.2, -0.15) is 5.10 Å². The quantitative estimate of drug-likeness (QED) is 0.631. The number of H-pyrrole nitrogens is 1. The Kier molecular flexibility index (Phi) is 2.61. The molecule has 3 N–H and O–H groups in total. The van der Waals surface area contributed by atoms with Crippen LogP contribution < -0.4 is 0 Å². The van der Waals surface area contributed by atoms with Crippen molar-refractivity contribution in [1.29, 1.82) is 0 Å². The van der Waals surface area contributed by atoms with Gasteiger partial charge in [-0.05, 0) is 86.4 Å². The van der Waals surface area contributed by atoms with Crippen molar-refractivity contribution >= 4 is 0 Å². The van der Waals surface area contributed by atoms with Crippen molar-refractivity contribution in [2.75, 3.05) is 0 Å². The number of fused-ring (bicyclic) bond motifs is 6. The van der Waals surface area contributed by atoms with Gasteiger partial charge in [-0.25, -0.2) is 0 Å². The van der Waals surface area contributed by atoms with Gasteiger partial charge in [-0.3, -0.25) is 5.10 Å². The Hall–Kier alpha value is -0.870. The third-order valence-corrected chi connectivity index (χ3v) is 9.11. The maximum atomic E-state index is 11.3. The molecule has 0 radical (unpaired) electrons. The van der Waals surface area contributed by atoms with E-state index in [1.807, 2.05) is 13.1 Å². The van der Waals surface area contributed by atoms with E-state index in [-0.39, 0.29) is 11.3 Å².